The van der Waals surface area contributed by atoms with Gasteiger partial charge in [0.05, 0.1) is 29.2 Å². The molecule has 8 nitrogen and oxygen atoms in total. The van der Waals surface area contributed by atoms with Gasteiger partial charge in [-0.1, -0.05) is 41.9 Å². The number of aliphatic imine (C=N–C) groups is 1. The molecular formula is C28H20ClN3O5S. The van der Waals surface area contributed by atoms with Crippen LogP contribution in [0.3, 0.4) is 0 Å². The molecule has 1 aliphatic heterocycles. The van der Waals surface area contributed by atoms with Crippen molar-refractivity contribution in [3.05, 3.63) is 116 Å². The summed E-state index contributed by atoms with van der Waals surface area (Å²) < 4.78 is 11.1. The zero-order valence-corrected chi connectivity index (χ0v) is 21.6. The molecule has 38 heavy (non-hydrogen) atoms. The minimum absolute atomic E-state index is 0.0442. The first kappa shape index (κ1) is 25.3. The van der Waals surface area contributed by atoms with Crippen LogP contribution in [-0.2, 0) is 11.3 Å². The largest absolute Gasteiger partial charge is 0.497 e. The second-order valence-corrected chi connectivity index (χ2v) is 9.62. The molecule has 10 heteroatoms. The van der Waals surface area contributed by atoms with Crippen molar-refractivity contribution in [3.63, 3.8) is 0 Å². The van der Waals surface area contributed by atoms with Crippen molar-refractivity contribution in [2.24, 2.45) is 4.99 Å². The summed E-state index contributed by atoms with van der Waals surface area (Å²) in [4.78, 5) is 31.0. The number of furan rings is 1. The van der Waals surface area contributed by atoms with E-state index in [-0.39, 0.29) is 16.6 Å². The molecule has 5 rings (SSSR count). The van der Waals surface area contributed by atoms with E-state index < -0.39 is 4.92 Å². The van der Waals surface area contributed by atoms with Crippen molar-refractivity contribution in [1.82, 2.24) is 4.90 Å². The number of para-hydroxylation sites is 1. The summed E-state index contributed by atoms with van der Waals surface area (Å²) in [6, 6.07) is 24.8. The SMILES string of the molecule is COc1ccc(CN2C(=O)/C(=C\c3ccc(-c4ccc(Cl)c([N+](=O)[O-])c4)o3)SC2=Nc2ccccc2)cc1. The molecule has 1 saturated heterocycles. The maximum absolute atomic E-state index is 13.5. The first-order valence-electron chi connectivity index (χ1n) is 11.4. The average molecular weight is 546 g/mol. The Hall–Kier alpha value is -4.34. The Bertz CT molecular complexity index is 1570. The van der Waals surface area contributed by atoms with Crippen LogP contribution in [0, 0.1) is 10.1 Å². The van der Waals surface area contributed by atoms with E-state index >= 15 is 0 Å². The summed E-state index contributed by atoms with van der Waals surface area (Å²) in [6.45, 7) is 0.330. The normalized spacial score (nSPS) is 15.4. The van der Waals surface area contributed by atoms with Crippen molar-refractivity contribution >= 4 is 51.9 Å². The molecule has 1 aromatic heterocycles. The molecule has 3 aromatic carbocycles. The van der Waals surface area contributed by atoms with Gasteiger partial charge < -0.3 is 9.15 Å². The molecule has 1 aliphatic rings. The van der Waals surface area contributed by atoms with Crippen molar-refractivity contribution in [1.29, 1.82) is 0 Å². The number of hydrogen-bond donors (Lipinski definition) is 0. The van der Waals surface area contributed by atoms with Gasteiger partial charge in [0.15, 0.2) is 5.17 Å². The van der Waals surface area contributed by atoms with Crippen molar-refractivity contribution in [2.45, 2.75) is 6.54 Å². The molecule has 1 fully saturated rings. The molecule has 1 amide bonds. The van der Waals surface area contributed by atoms with Crippen molar-refractivity contribution in [2.75, 3.05) is 7.11 Å². The lowest BCUT2D eigenvalue weighted by Crippen LogP contribution is -2.28. The molecule has 0 bridgehead atoms. The highest BCUT2D eigenvalue weighted by Crippen LogP contribution is 2.37. The number of carbonyl (C=O) groups excluding carboxylic acids is 1. The number of nitro benzene ring substituents is 1. The maximum atomic E-state index is 13.5. The Morgan fingerprint density at radius 1 is 1.08 bits per heavy atom. The van der Waals surface area contributed by atoms with Crippen molar-refractivity contribution in [3.8, 4) is 17.1 Å². The lowest BCUT2D eigenvalue weighted by atomic mass is 10.1. The summed E-state index contributed by atoms with van der Waals surface area (Å²) in [5, 5.41) is 11.8. The monoisotopic (exact) mass is 545 g/mol. The number of ether oxygens (including phenoxy) is 1. The lowest BCUT2D eigenvalue weighted by Gasteiger charge is -2.16. The van der Waals surface area contributed by atoms with Crippen LogP contribution in [0.25, 0.3) is 17.4 Å². The zero-order valence-electron chi connectivity index (χ0n) is 20.0. The summed E-state index contributed by atoms with van der Waals surface area (Å²) in [7, 11) is 1.60. The number of nitro groups is 1. The van der Waals surface area contributed by atoms with Gasteiger partial charge in [0.2, 0.25) is 0 Å². The summed E-state index contributed by atoms with van der Waals surface area (Å²) in [5.41, 5.74) is 1.95. The molecule has 0 saturated carbocycles. The van der Waals surface area contributed by atoms with Gasteiger partial charge in [-0.05, 0) is 65.9 Å². The Morgan fingerprint density at radius 2 is 1.84 bits per heavy atom. The smallest absolute Gasteiger partial charge is 0.288 e. The molecule has 0 radical (unpaired) electrons. The van der Waals surface area contributed by atoms with Gasteiger partial charge in [0, 0.05) is 17.7 Å². The van der Waals surface area contributed by atoms with Crippen LogP contribution >= 0.6 is 23.4 Å². The van der Waals surface area contributed by atoms with E-state index in [0.717, 1.165) is 17.0 Å². The lowest BCUT2D eigenvalue weighted by molar-refractivity contribution is -0.384. The Balaban J connectivity index is 1.45. The number of rotatable bonds is 7. The second-order valence-electron chi connectivity index (χ2n) is 8.21. The molecule has 190 valence electrons. The molecular weight excluding hydrogens is 526 g/mol. The van der Waals surface area contributed by atoms with Crippen LogP contribution in [-0.4, -0.2) is 28.0 Å². The van der Waals surface area contributed by atoms with Gasteiger partial charge in [0.25, 0.3) is 11.6 Å². The highest BCUT2D eigenvalue weighted by Gasteiger charge is 2.34. The first-order valence-corrected chi connectivity index (χ1v) is 12.6. The van der Waals surface area contributed by atoms with E-state index in [4.69, 9.17) is 25.7 Å². The van der Waals surface area contributed by atoms with E-state index in [1.807, 2.05) is 54.6 Å². The predicted molar refractivity (Wildman–Crippen MR) is 148 cm³/mol. The van der Waals surface area contributed by atoms with Gasteiger partial charge in [-0.2, -0.15) is 0 Å². The van der Waals surface area contributed by atoms with Crippen molar-refractivity contribution < 1.29 is 18.9 Å². The number of benzene rings is 3. The summed E-state index contributed by atoms with van der Waals surface area (Å²) in [6.07, 6.45) is 1.65. The first-order chi connectivity index (χ1) is 18.4. The number of halogens is 1. The average Bonchev–Trinajstić information content (AvgIpc) is 3.50. The van der Waals surface area contributed by atoms with Crippen LogP contribution in [0.1, 0.15) is 11.3 Å². The number of nitrogens with zero attached hydrogens (tertiary/aromatic N) is 3. The molecule has 0 aliphatic carbocycles. The third kappa shape index (κ3) is 5.49. The molecule has 2 heterocycles. The number of amides is 1. The van der Waals surface area contributed by atoms with Crippen LogP contribution in [0.4, 0.5) is 11.4 Å². The van der Waals surface area contributed by atoms with E-state index in [9.17, 15) is 14.9 Å². The summed E-state index contributed by atoms with van der Waals surface area (Å²) in [5.74, 6) is 1.37. The maximum Gasteiger partial charge on any atom is 0.288 e. The number of carbonyl (C=O) groups is 1. The van der Waals surface area contributed by atoms with E-state index in [0.29, 0.717) is 33.7 Å². The third-order valence-corrected chi connectivity index (χ3v) is 7.02. The topological polar surface area (TPSA) is 98.2 Å². The Labute approximate surface area is 227 Å². The fourth-order valence-corrected chi connectivity index (χ4v) is 4.94. The second kappa shape index (κ2) is 11.0. The van der Waals surface area contributed by atoms with Gasteiger partial charge in [-0.25, -0.2) is 4.99 Å². The quantitative estimate of drug-likeness (QED) is 0.137. The number of methoxy groups -OCH3 is 1. The number of hydrogen-bond acceptors (Lipinski definition) is 7. The van der Waals surface area contributed by atoms with E-state index in [1.54, 1.807) is 36.3 Å². The highest BCUT2D eigenvalue weighted by molar-refractivity contribution is 8.18. The summed E-state index contributed by atoms with van der Waals surface area (Å²) >= 11 is 7.18. The van der Waals surface area contributed by atoms with Crippen LogP contribution in [0.5, 0.6) is 5.75 Å². The fraction of sp³-hybridized carbons (Fsp3) is 0.0714. The molecule has 0 spiro atoms. The minimum Gasteiger partial charge on any atom is -0.497 e. The van der Waals surface area contributed by atoms with E-state index in [2.05, 4.69) is 0 Å². The van der Waals surface area contributed by atoms with Gasteiger partial charge >= 0.3 is 0 Å². The molecule has 0 unspecified atom stereocenters. The number of amidine groups is 1. The number of thioether (sulfide) groups is 1. The van der Waals surface area contributed by atoms with Gasteiger partial charge in [0.1, 0.15) is 22.3 Å². The molecule has 4 aromatic rings. The standard InChI is InChI=1S/C28H20ClN3O5S/c1-36-21-10-7-18(8-11-21)17-31-27(33)26(38-28(31)30-20-5-3-2-4-6-20)16-22-12-14-25(37-22)19-9-13-23(29)24(15-19)32(34)35/h2-16H,17H2,1H3/b26-16+,30-28?. The third-order valence-electron chi connectivity index (χ3n) is 5.70. The van der Waals surface area contributed by atoms with Crippen LogP contribution < -0.4 is 4.74 Å². The zero-order chi connectivity index (χ0) is 26.6. The molecule has 0 N–H and O–H groups in total. The predicted octanol–water partition coefficient (Wildman–Crippen LogP) is 7.32. The molecule has 0 atom stereocenters. The van der Waals surface area contributed by atoms with Crippen LogP contribution in [0.2, 0.25) is 5.02 Å². The Kier molecular flexibility index (Phi) is 7.30. The van der Waals surface area contributed by atoms with Gasteiger partial charge in [-0.3, -0.25) is 19.8 Å². The minimum atomic E-state index is -0.545. The van der Waals surface area contributed by atoms with E-state index in [1.165, 1.54) is 23.9 Å². The van der Waals surface area contributed by atoms with Gasteiger partial charge in [-0.15, -0.1) is 0 Å². The Morgan fingerprint density at radius 3 is 2.55 bits per heavy atom. The fourth-order valence-electron chi connectivity index (χ4n) is 3.78. The van der Waals surface area contributed by atoms with Crippen LogP contribution in [0.15, 0.2) is 99.2 Å². The highest BCUT2D eigenvalue weighted by atomic mass is 35.5.